The number of alkyl halides is 1. The summed E-state index contributed by atoms with van der Waals surface area (Å²) in [6.07, 6.45) is -1.74. The second-order valence-electron chi connectivity index (χ2n) is 5.83. The van der Waals surface area contributed by atoms with E-state index in [9.17, 15) is 14.3 Å². The van der Waals surface area contributed by atoms with Crippen molar-refractivity contribution in [3.8, 4) is 0 Å². The lowest BCUT2D eigenvalue weighted by Crippen LogP contribution is -2.68. The van der Waals surface area contributed by atoms with E-state index in [0.717, 1.165) is 0 Å². The van der Waals surface area contributed by atoms with Crippen LogP contribution in [0.5, 0.6) is 0 Å². The number of carbonyl (C=O) groups is 1. The van der Waals surface area contributed by atoms with E-state index in [4.69, 9.17) is 0 Å². The van der Waals surface area contributed by atoms with Crippen LogP contribution in [0.4, 0.5) is 4.39 Å². The van der Waals surface area contributed by atoms with Crippen LogP contribution in [0.3, 0.4) is 0 Å². The number of amides is 1. The summed E-state index contributed by atoms with van der Waals surface area (Å²) in [5, 5.41) is 15.8. The fraction of sp³-hybridized carbons (Fsp3) is 0.917. The highest BCUT2D eigenvalue weighted by atomic mass is 19.1. The lowest BCUT2D eigenvalue weighted by Gasteiger charge is -2.47. The molecule has 0 aromatic rings. The predicted octanol–water partition coefficient (Wildman–Crippen LogP) is 0.742. The topological polar surface area (TPSA) is 61.4 Å². The van der Waals surface area contributed by atoms with Crippen molar-refractivity contribution < 1.29 is 14.3 Å². The molecule has 0 radical (unpaired) electrons. The average molecular weight is 246 g/mol. The average Bonchev–Trinajstić information content (AvgIpc) is 2.11. The Morgan fingerprint density at radius 3 is 2.41 bits per heavy atom. The van der Waals surface area contributed by atoms with Crippen LogP contribution in [-0.4, -0.2) is 40.9 Å². The molecular formula is C12H23FN2O2. The lowest BCUT2D eigenvalue weighted by atomic mass is 9.70. The molecule has 100 valence electrons. The van der Waals surface area contributed by atoms with E-state index in [1.54, 1.807) is 0 Å². The minimum Gasteiger partial charge on any atom is -0.381 e. The van der Waals surface area contributed by atoms with Gasteiger partial charge in [-0.2, -0.15) is 0 Å². The van der Waals surface area contributed by atoms with Gasteiger partial charge in [0.15, 0.2) is 6.10 Å². The first-order valence-electron chi connectivity index (χ1n) is 6.09. The van der Waals surface area contributed by atoms with Crippen LogP contribution in [0.15, 0.2) is 0 Å². The van der Waals surface area contributed by atoms with Crippen molar-refractivity contribution in [2.75, 3.05) is 6.54 Å². The van der Waals surface area contributed by atoms with E-state index in [0.29, 0.717) is 6.54 Å². The monoisotopic (exact) mass is 246 g/mol. The van der Waals surface area contributed by atoms with E-state index in [1.807, 2.05) is 27.7 Å². The Labute approximate surface area is 102 Å². The number of aliphatic hydroxyl groups excluding tert-OH is 1. The van der Waals surface area contributed by atoms with Crippen LogP contribution in [0.25, 0.3) is 0 Å². The zero-order chi connectivity index (χ0) is 13.3. The summed E-state index contributed by atoms with van der Waals surface area (Å²) in [6, 6.07) is 0. The SMILES string of the molecule is CCNC1(C(O)C(=O)NC(C)(C)C)CC(F)C1. The molecule has 17 heavy (non-hydrogen) atoms. The molecule has 1 saturated carbocycles. The van der Waals surface area contributed by atoms with Gasteiger partial charge in [-0.1, -0.05) is 6.92 Å². The highest BCUT2D eigenvalue weighted by molar-refractivity contribution is 5.83. The standard InChI is InChI=1S/C12H23FN2O2/c1-5-14-12(6-8(13)7-12)9(16)10(17)15-11(2,3)4/h8-9,14,16H,5-7H2,1-4H3,(H,15,17). The van der Waals surface area contributed by atoms with Gasteiger partial charge in [-0.05, 0) is 40.2 Å². The van der Waals surface area contributed by atoms with E-state index < -0.39 is 29.3 Å². The molecule has 1 unspecified atom stereocenters. The first kappa shape index (κ1) is 14.4. The zero-order valence-electron chi connectivity index (χ0n) is 11.0. The highest BCUT2D eigenvalue weighted by Crippen LogP contribution is 2.37. The van der Waals surface area contributed by atoms with Gasteiger partial charge in [0.25, 0.3) is 5.91 Å². The molecule has 0 heterocycles. The van der Waals surface area contributed by atoms with Gasteiger partial charge < -0.3 is 15.7 Å². The second kappa shape index (κ2) is 4.90. The van der Waals surface area contributed by atoms with Gasteiger partial charge in [-0.3, -0.25) is 4.79 Å². The first-order chi connectivity index (χ1) is 7.70. The molecule has 0 spiro atoms. The molecular weight excluding hydrogens is 223 g/mol. The van der Waals surface area contributed by atoms with Crippen molar-refractivity contribution in [1.29, 1.82) is 0 Å². The molecule has 1 amide bonds. The molecule has 1 rings (SSSR count). The quantitative estimate of drug-likeness (QED) is 0.685. The van der Waals surface area contributed by atoms with Crippen LogP contribution in [0.2, 0.25) is 0 Å². The Kier molecular flexibility index (Phi) is 4.15. The third-order valence-corrected chi connectivity index (χ3v) is 2.97. The number of rotatable bonds is 4. The molecule has 0 saturated heterocycles. The lowest BCUT2D eigenvalue weighted by molar-refractivity contribution is -0.141. The third kappa shape index (κ3) is 3.39. The van der Waals surface area contributed by atoms with Crippen molar-refractivity contribution in [2.45, 2.75) is 63.9 Å². The molecule has 0 aliphatic heterocycles. The Bertz CT molecular complexity index is 277. The van der Waals surface area contributed by atoms with Crippen LogP contribution in [0, 0.1) is 0 Å². The summed E-state index contributed by atoms with van der Waals surface area (Å²) < 4.78 is 13.0. The Morgan fingerprint density at radius 1 is 1.53 bits per heavy atom. The largest absolute Gasteiger partial charge is 0.381 e. The number of halogens is 1. The van der Waals surface area contributed by atoms with Gasteiger partial charge in [0.05, 0.1) is 5.54 Å². The molecule has 5 heteroatoms. The first-order valence-corrected chi connectivity index (χ1v) is 6.09. The normalized spacial score (nSPS) is 30.6. The third-order valence-electron chi connectivity index (χ3n) is 2.97. The van der Waals surface area contributed by atoms with Crippen molar-refractivity contribution in [2.24, 2.45) is 0 Å². The van der Waals surface area contributed by atoms with E-state index in [-0.39, 0.29) is 12.8 Å². The fourth-order valence-corrected chi connectivity index (χ4v) is 2.24. The van der Waals surface area contributed by atoms with Crippen molar-refractivity contribution in [3.05, 3.63) is 0 Å². The number of hydrogen-bond acceptors (Lipinski definition) is 3. The van der Waals surface area contributed by atoms with Crippen molar-refractivity contribution in [1.82, 2.24) is 10.6 Å². The molecule has 0 aromatic heterocycles. The maximum Gasteiger partial charge on any atom is 0.251 e. The Balaban J connectivity index is 2.66. The van der Waals surface area contributed by atoms with Crippen molar-refractivity contribution in [3.63, 3.8) is 0 Å². The summed E-state index contributed by atoms with van der Waals surface area (Å²) in [7, 11) is 0. The maximum absolute atomic E-state index is 13.0. The predicted molar refractivity (Wildman–Crippen MR) is 64.4 cm³/mol. The number of nitrogens with one attached hydrogen (secondary N) is 2. The highest BCUT2D eigenvalue weighted by Gasteiger charge is 2.52. The summed E-state index contributed by atoms with van der Waals surface area (Å²) in [5.74, 6) is -0.439. The van der Waals surface area contributed by atoms with Crippen LogP contribution < -0.4 is 10.6 Å². The van der Waals surface area contributed by atoms with Crippen LogP contribution >= 0.6 is 0 Å². The Hall–Kier alpha value is -0.680. The number of hydrogen-bond donors (Lipinski definition) is 3. The molecule has 1 fully saturated rings. The van der Waals surface area contributed by atoms with E-state index in [2.05, 4.69) is 10.6 Å². The van der Waals surface area contributed by atoms with Crippen LogP contribution in [-0.2, 0) is 4.79 Å². The minimum absolute atomic E-state index is 0.194. The molecule has 0 bridgehead atoms. The Morgan fingerprint density at radius 2 is 2.06 bits per heavy atom. The van der Waals surface area contributed by atoms with Gasteiger partial charge in [0, 0.05) is 5.54 Å². The summed E-state index contributed by atoms with van der Waals surface area (Å²) in [5.41, 5.74) is -1.19. The number of likely N-dealkylation sites (N-methyl/N-ethyl adjacent to an activating group) is 1. The van der Waals surface area contributed by atoms with E-state index in [1.165, 1.54) is 0 Å². The molecule has 1 atom stereocenters. The molecule has 0 aromatic carbocycles. The van der Waals surface area contributed by atoms with Gasteiger partial charge in [-0.25, -0.2) is 4.39 Å². The van der Waals surface area contributed by atoms with Gasteiger partial charge >= 0.3 is 0 Å². The zero-order valence-corrected chi connectivity index (χ0v) is 11.0. The van der Waals surface area contributed by atoms with Crippen LogP contribution in [0.1, 0.15) is 40.5 Å². The minimum atomic E-state index is -1.20. The number of carbonyl (C=O) groups excluding carboxylic acids is 1. The van der Waals surface area contributed by atoms with Crippen molar-refractivity contribution >= 4 is 5.91 Å². The van der Waals surface area contributed by atoms with Gasteiger partial charge in [-0.15, -0.1) is 0 Å². The molecule has 1 aliphatic rings. The smallest absolute Gasteiger partial charge is 0.251 e. The molecule has 4 nitrogen and oxygen atoms in total. The fourth-order valence-electron chi connectivity index (χ4n) is 2.24. The number of aliphatic hydroxyl groups is 1. The molecule has 3 N–H and O–H groups in total. The summed E-state index contributed by atoms with van der Waals surface area (Å²) in [6.45, 7) is 8.01. The maximum atomic E-state index is 13.0. The molecule has 1 aliphatic carbocycles. The van der Waals surface area contributed by atoms with Gasteiger partial charge in [0.2, 0.25) is 0 Å². The summed E-state index contributed by atoms with van der Waals surface area (Å²) >= 11 is 0. The van der Waals surface area contributed by atoms with Gasteiger partial charge in [0.1, 0.15) is 6.17 Å². The summed E-state index contributed by atoms with van der Waals surface area (Å²) in [4.78, 5) is 11.9. The second-order valence-corrected chi connectivity index (χ2v) is 5.83. The van der Waals surface area contributed by atoms with E-state index >= 15 is 0 Å².